The van der Waals surface area contributed by atoms with Crippen LogP contribution in [0.3, 0.4) is 0 Å². The van der Waals surface area contributed by atoms with Crippen LogP contribution in [0, 0.1) is 19.8 Å². The van der Waals surface area contributed by atoms with Crippen molar-refractivity contribution in [2.24, 2.45) is 5.92 Å². The van der Waals surface area contributed by atoms with E-state index in [0.717, 1.165) is 41.5 Å². The van der Waals surface area contributed by atoms with Crippen LogP contribution in [0.25, 0.3) is 0 Å². The second-order valence-electron chi connectivity index (χ2n) is 10.5. The third-order valence-electron chi connectivity index (χ3n) is 7.34. The Kier molecular flexibility index (Phi) is 6.65. The third kappa shape index (κ3) is 5.43. The Morgan fingerprint density at radius 2 is 1.82 bits per heavy atom. The Labute approximate surface area is 227 Å². The summed E-state index contributed by atoms with van der Waals surface area (Å²) in [6.07, 6.45) is 4.11. The van der Waals surface area contributed by atoms with Gasteiger partial charge in [0.2, 0.25) is 11.8 Å². The number of hydrogen-bond donors (Lipinski definition) is 1. The van der Waals surface area contributed by atoms with E-state index in [2.05, 4.69) is 41.5 Å². The van der Waals surface area contributed by atoms with Crippen molar-refractivity contribution in [2.45, 2.75) is 45.8 Å². The molecule has 2 heterocycles. The molecule has 1 N–H and O–H groups in total. The highest BCUT2D eigenvalue weighted by Crippen LogP contribution is 2.41. The zero-order chi connectivity index (χ0) is 26.9. The zero-order valence-electron chi connectivity index (χ0n) is 22.1. The van der Waals surface area contributed by atoms with Crippen molar-refractivity contribution in [2.75, 3.05) is 11.9 Å². The number of nitrogens with zero attached hydrogens (tertiary/aromatic N) is 2. The van der Waals surface area contributed by atoms with E-state index >= 15 is 0 Å². The van der Waals surface area contributed by atoms with Crippen molar-refractivity contribution in [3.8, 4) is 5.75 Å². The van der Waals surface area contributed by atoms with Crippen molar-refractivity contribution < 1.29 is 18.7 Å². The number of nitrogens with one attached hydrogen (secondary N) is 1. The smallest absolute Gasteiger partial charge is 0.277 e. The van der Waals surface area contributed by atoms with E-state index in [1.807, 2.05) is 54.3 Å². The summed E-state index contributed by atoms with van der Waals surface area (Å²) in [6.45, 7) is 4.83. The molecule has 1 aliphatic heterocycles. The number of amides is 2. The average molecular weight is 522 g/mol. The van der Waals surface area contributed by atoms with Crippen LogP contribution in [-0.4, -0.2) is 28.2 Å². The standard InChI is InChI=1S/C32H31N3O4/c1-20-5-3-7-24(15-20)30-27-17-26(12-11-22(27)13-14-35(30)32(37)23-9-10-23)38-19-29-34-28(18-39-29)31(36)33-25-8-4-6-21(2)16-25/h3-8,11-12,15-18,23,30H,9-10,13-14,19H2,1-2H3,(H,33,36). The topological polar surface area (TPSA) is 84.7 Å². The van der Waals surface area contributed by atoms with Gasteiger partial charge in [0.1, 0.15) is 12.0 Å². The lowest BCUT2D eigenvalue weighted by atomic mass is 9.87. The Balaban J connectivity index is 1.20. The highest BCUT2D eigenvalue weighted by Gasteiger charge is 2.39. The van der Waals surface area contributed by atoms with E-state index in [-0.39, 0.29) is 36.1 Å². The SMILES string of the molecule is Cc1cccc(NC(=O)c2coc(COc3ccc4c(c3)C(c3cccc(C)c3)N(C(=O)C3CC3)CC4)n2)c1. The van der Waals surface area contributed by atoms with Crippen molar-refractivity contribution >= 4 is 17.5 Å². The molecular weight excluding hydrogens is 490 g/mol. The first kappa shape index (κ1) is 24.9. The number of carbonyl (C=O) groups excluding carboxylic acids is 2. The predicted molar refractivity (Wildman–Crippen MR) is 148 cm³/mol. The van der Waals surface area contributed by atoms with Crippen LogP contribution in [0.4, 0.5) is 5.69 Å². The quantitative estimate of drug-likeness (QED) is 0.322. The van der Waals surface area contributed by atoms with Gasteiger partial charge in [-0.2, -0.15) is 0 Å². The zero-order valence-corrected chi connectivity index (χ0v) is 22.1. The van der Waals surface area contributed by atoms with Crippen LogP contribution in [0.5, 0.6) is 5.75 Å². The Hall–Kier alpha value is -4.39. The molecular formula is C32H31N3O4. The second-order valence-corrected chi connectivity index (χ2v) is 10.5. The summed E-state index contributed by atoms with van der Waals surface area (Å²) in [5.41, 5.74) is 6.53. The summed E-state index contributed by atoms with van der Waals surface area (Å²) in [7, 11) is 0. The molecule has 1 atom stereocenters. The first-order chi connectivity index (χ1) is 18.9. The number of ether oxygens (including phenoxy) is 1. The van der Waals surface area contributed by atoms with Crippen LogP contribution in [0.2, 0.25) is 0 Å². The molecule has 0 bridgehead atoms. The van der Waals surface area contributed by atoms with Crippen molar-refractivity contribution in [3.05, 3.63) is 112 Å². The van der Waals surface area contributed by atoms with Crippen molar-refractivity contribution in [1.82, 2.24) is 9.88 Å². The van der Waals surface area contributed by atoms with E-state index in [4.69, 9.17) is 9.15 Å². The molecule has 198 valence electrons. The van der Waals surface area contributed by atoms with Crippen LogP contribution < -0.4 is 10.1 Å². The Morgan fingerprint density at radius 1 is 1.03 bits per heavy atom. The molecule has 0 radical (unpaired) electrons. The minimum Gasteiger partial charge on any atom is -0.484 e. The number of fused-ring (bicyclic) bond motifs is 1. The fraction of sp³-hybridized carbons (Fsp3) is 0.281. The van der Waals surface area contributed by atoms with Crippen molar-refractivity contribution in [1.29, 1.82) is 0 Å². The van der Waals surface area contributed by atoms with Gasteiger partial charge < -0.3 is 19.4 Å². The molecule has 1 saturated carbocycles. The first-order valence-electron chi connectivity index (χ1n) is 13.4. The predicted octanol–water partition coefficient (Wildman–Crippen LogP) is 6.01. The van der Waals surface area contributed by atoms with Gasteiger partial charge in [-0.15, -0.1) is 0 Å². The maximum atomic E-state index is 13.3. The third-order valence-corrected chi connectivity index (χ3v) is 7.34. The highest BCUT2D eigenvalue weighted by molar-refractivity contribution is 6.02. The lowest BCUT2D eigenvalue weighted by molar-refractivity contribution is -0.134. The molecule has 6 rings (SSSR count). The minimum atomic E-state index is -0.342. The fourth-order valence-electron chi connectivity index (χ4n) is 5.23. The molecule has 1 unspecified atom stereocenters. The van der Waals surface area contributed by atoms with Gasteiger partial charge in [0.25, 0.3) is 5.91 Å². The number of anilines is 1. The summed E-state index contributed by atoms with van der Waals surface area (Å²) in [5.74, 6) is 1.03. The molecule has 3 aromatic carbocycles. The van der Waals surface area contributed by atoms with Gasteiger partial charge in [-0.3, -0.25) is 9.59 Å². The van der Waals surface area contributed by atoms with E-state index < -0.39 is 0 Å². The number of aromatic nitrogens is 1. The van der Waals surface area contributed by atoms with Crippen LogP contribution in [0.1, 0.15) is 63.1 Å². The minimum absolute atomic E-state index is 0.0797. The molecule has 2 amide bonds. The van der Waals surface area contributed by atoms with Crippen LogP contribution in [-0.2, 0) is 17.8 Å². The number of hydrogen-bond acceptors (Lipinski definition) is 5. The summed E-state index contributed by atoms with van der Waals surface area (Å²) in [4.78, 5) is 32.2. The van der Waals surface area contributed by atoms with Gasteiger partial charge in [-0.1, -0.05) is 48.0 Å². The molecule has 0 saturated heterocycles. The molecule has 1 fully saturated rings. The number of rotatable bonds is 7. The molecule has 1 aromatic heterocycles. The van der Waals surface area contributed by atoms with Crippen LogP contribution in [0.15, 0.2) is 77.4 Å². The number of benzene rings is 3. The summed E-state index contributed by atoms with van der Waals surface area (Å²) in [6, 6.07) is 21.9. The number of oxazole rings is 1. The van der Waals surface area contributed by atoms with Gasteiger partial charge in [-0.25, -0.2) is 4.98 Å². The van der Waals surface area contributed by atoms with E-state index in [9.17, 15) is 9.59 Å². The maximum absolute atomic E-state index is 13.3. The molecule has 39 heavy (non-hydrogen) atoms. The van der Waals surface area contributed by atoms with E-state index in [1.165, 1.54) is 11.8 Å². The Bertz CT molecular complexity index is 1540. The van der Waals surface area contributed by atoms with E-state index in [1.54, 1.807) is 0 Å². The normalized spacial score (nSPS) is 16.5. The lowest BCUT2D eigenvalue weighted by Gasteiger charge is -2.38. The Morgan fingerprint density at radius 3 is 2.59 bits per heavy atom. The largest absolute Gasteiger partial charge is 0.484 e. The van der Waals surface area contributed by atoms with Crippen molar-refractivity contribution in [3.63, 3.8) is 0 Å². The molecule has 7 heteroatoms. The fourth-order valence-corrected chi connectivity index (χ4v) is 5.23. The molecule has 4 aromatic rings. The monoisotopic (exact) mass is 521 g/mol. The number of carbonyl (C=O) groups is 2. The van der Waals surface area contributed by atoms with Gasteiger partial charge in [0.15, 0.2) is 12.3 Å². The summed E-state index contributed by atoms with van der Waals surface area (Å²) in [5, 5.41) is 2.84. The second kappa shape index (κ2) is 10.4. The van der Waals surface area contributed by atoms with E-state index in [0.29, 0.717) is 23.9 Å². The average Bonchev–Trinajstić information content (AvgIpc) is 3.67. The van der Waals surface area contributed by atoms with Crippen LogP contribution >= 0.6 is 0 Å². The molecule has 7 nitrogen and oxygen atoms in total. The first-order valence-corrected chi connectivity index (χ1v) is 13.4. The maximum Gasteiger partial charge on any atom is 0.277 e. The van der Waals surface area contributed by atoms with Gasteiger partial charge in [0.05, 0.1) is 6.04 Å². The van der Waals surface area contributed by atoms with Gasteiger partial charge in [-0.05, 0) is 79.6 Å². The molecule has 2 aliphatic rings. The highest BCUT2D eigenvalue weighted by atomic mass is 16.5. The number of aryl methyl sites for hydroxylation is 2. The molecule has 0 spiro atoms. The van der Waals surface area contributed by atoms with Gasteiger partial charge >= 0.3 is 0 Å². The summed E-state index contributed by atoms with van der Waals surface area (Å²) < 4.78 is 11.6. The lowest BCUT2D eigenvalue weighted by Crippen LogP contribution is -2.41. The van der Waals surface area contributed by atoms with Gasteiger partial charge in [0, 0.05) is 18.2 Å². The molecule has 1 aliphatic carbocycles. The summed E-state index contributed by atoms with van der Waals surface area (Å²) >= 11 is 0.